The van der Waals surface area contributed by atoms with E-state index in [2.05, 4.69) is 11.0 Å². The van der Waals surface area contributed by atoms with E-state index in [0.717, 1.165) is 43.5 Å². The van der Waals surface area contributed by atoms with Crippen molar-refractivity contribution >= 4 is 11.9 Å². The Morgan fingerprint density at radius 2 is 1.93 bits per heavy atom. The normalized spacial score (nSPS) is 25.2. The van der Waals surface area contributed by atoms with E-state index >= 15 is 0 Å². The van der Waals surface area contributed by atoms with Gasteiger partial charge < -0.3 is 38.3 Å². The topological polar surface area (TPSA) is 137 Å². The average Bonchev–Trinajstić information content (AvgIpc) is 3.77. The SMILES string of the molecule is COC1=C[C@@]23CCCN2CCc2cc4c(cc2[C@@H]3C1OC(=O)[C@@](O)(CCCC(C)(C)O)CC(=O)OCc1ccco1)OCO4. The standard InChI is InChI=1S/C33H41NO10/c1-31(2,37)9-5-11-33(38,18-27(35)41-19-22-7-4-14-40-22)30(36)44-29-26(39-3)17-32-10-6-12-34(32)13-8-21-15-24-25(43-20-42-24)16-23(21)28(29)32/h4,7,14-17,28-29,37-38H,5-6,8-13,18-20H2,1-3H3/t28-,29?,32-,33-/m1/s1. The van der Waals surface area contributed by atoms with Crippen molar-refractivity contribution < 1.29 is 47.9 Å². The summed E-state index contributed by atoms with van der Waals surface area (Å²) in [5.74, 6) is 0.228. The largest absolute Gasteiger partial charge is 0.497 e. The van der Waals surface area contributed by atoms with Crippen LogP contribution in [0.5, 0.6) is 11.5 Å². The molecule has 3 aliphatic heterocycles. The fraction of sp³-hybridized carbons (Fsp3) is 0.576. The lowest BCUT2D eigenvalue weighted by molar-refractivity contribution is -0.179. The van der Waals surface area contributed by atoms with E-state index in [0.29, 0.717) is 29.4 Å². The highest BCUT2D eigenvalue weighted by Gasteiger charge is 2.59. The van der Waals surface area contributed by atoms with Crippen LogP contribution >= 0.6 is 0 Å². The van der Waals surface area contributed by atoms with Crippen molar-refractivity contribution in [3.63, 3.8) is 0 Å². The van der Waals surface area contributed by atoms with Crippen LogP contribution in [0.2, 0.25) is 0 Å². The number of rotatable bonds is 11. The van der Waals surface area contributed by atoms with Gasteiger partial charge in [0, 0.05) is 6.54 Å². The maximum Gasteiger partial charge on any atom is 0.339 e. The maximum atomic E-state index is 14.1. The number of aliphatic hydroxyl groups is 2. The first kappa shape index (κ1) is 30.5. The molecule has 0 bridgehead atoms. The van der Waals surface area contributed by atoms with E-state index in [4.69, 9.17) is 28.1 Å². The van der Waals surface area contributed by atoms with Crippen LogP contribution in [-0.4, -0.2) is 76.9 Å². The van der Waals surface area contributed by atoms with Crippen LogP contribution in [0.4, 0.5) is 0 Å². The first-order valence-corrected chi connectivity index (χ1v) is 15.3. The number of hydrogen-bond donors (Lipinski definition) is 2. The molecule has 0 amide bonds. The van der Waals surface area contributed by atoms with Gasteiger partial charge in [-0.3, -0.25) is 9.69 Å². The van der Waals surface area contributed by atoms with Gasteiger partial charge in [-0.15, -0.1) is 0 Å². The number of esters is 2. The van der Waals surface area contributed by atoms with Crippen LogP contribution in [0.1, 0.15) is 75.2 Å². The van der Waals surface area contributed by atoms with Gasteiger partial charge in [0.1, 0.15) is 18.1 Å². The summed E-state index contributed by atoms with van der Waals surface area (Å²) in [4.78, 5) is 29.4. The Kier molecular flexibility index (Phi) is 8.15. The Morgan fingerprint density at radius 1 is 1.14 bits per heavy atom. The summed E-state index contributed by atoms with van der Waals surface area (Å²) < 4.78 is 34.1. The second kappa shape index (κ2) is 11.8. The van der Waals surface area contributed by atoms with Crippen LogP contribution < -0.4 is 9.47 Å². The number of methoxy groups -OCH3 is 1. The Balaban J connectivity index is 1.30. The molecule has 0 radical (unpaired) electrons. The van der Waals surface area contributed by atoms with Gasteiger partial charge in [0.2, 0.25) is 6.79 Å². The van der Waals surface area contributed by atoms with Crippen LogP contribution in [0.25, 0.3) is 0 Å². The molecule has 2 aromatic rings. The molecule has 1 spiro atoms. The van der Waals surface area contributed by atoms with Gasteiger partial charge in [-0.2, -0.15) is 0 Å². The van der Waals surface area contributed by atoms with Crippen LogP contribution in [-0.2, 0) is 36.8 Å². The zero-order valence-electron chi connectivity index (χ0n) is 25.5. The number of nitrogens with zero attached hydrogens (tertiary/aromatic N) is 1. The van der Waals surface area contributed by atoms with Gasteiger partial charge in [-0.25, -0.2) is 4.79 Å². The molecular weight excluding hydrogens is 570 g/mol. The number of ether oxygens (including phenoxy) is 5. The lowest BCUT2D eigenvalue weighted by Gasteiger charge is -2.39. The number of hydrogen-bond acceptors (Lipinski definition) is 11. The van der Waals surface area contributed by atoms with Gasteiger partial charge in [0.05, 0.1) is 36.9 Å². The molecule has 1 unspecified atom stereocenters. The summed E-state index contributed by atoms with van der Waals surface area (Å²) in [5, 5.41) is 22.1. The molecule has 4 aliphatic rings. The summed E-state index contributed by atoms with van der Waals surface area (Å²) in [7, 11) is 1.55. The highest BCUT2D eigenvalue weighted by atomic mass is 16.7. The summed E-state index contributed by atoms with van der Waals surface area (Å²) in [6.45, 7) is 5.03. The minimum absolute atomic E-state index is 0.109. The van der Waals surface area contributed by atoms with Crippen molar-refractivity contribution in [1.82, 2.24) is 4.90 Å². The maximum absolute atomic E-state index is 14.1. The third kappa shape index (κ3) is 5.80. The highest BCUT2D eigenvalue weighted by Crippen LogP contribution is 2.55. The molecule has 11 heteroatoms. The summed E-state index contributed by atoms with van der Waals surface area (Å²) in [5.41, 5.74) is -1.59. The first-order valence-electron chi connectivity index (χ1n) is 15.3. The third-order valence-electron chi connectivity index (χ3n) is 9.35. The lowest BCUT2D eigenvalue weighted by atomic mass is 9.77. The van der Waals surface area contributed by atoms with E-state index in [9.17, 15) is 19.8 Å². The van der Waals surface area contributed by atoms with Gasteiger partial charge in [-0.05, 0) is 100 Å². The molecular formula is C33H41NO10. The molecule has 6 rings (SSSR count). The van der Waals surface area contributed by atoms with E-state index < -0.39 is 41.2 Å². The van der Waals surface area contributed by atoms with E-state index in [-0.39, 0.29) is 32.2 Å². The Bertz CT molecular complexity index is 1410. The monoisotopic (exact) mass is 611 g/mol. The van der Waals surface area contributed by atoms with Crippen molar-refractivity contribution in [3.05, 3.63) is 59.3 Å². The number of carbonyl (C=O) groups excluding carboxylic acids is 2. The van der Waals surface area contributed by atoms with E-state index in [1.54, 1.807) is 33.1 Å². The van der Waals surface area contributed by atoms with Gasteiger partial charge in [0.15, 0.2) is 23.2 Å². The average molecular weight is 612 g/mol. The Morgan fingerprint density at radius 3 is 2.66 bits per heavy atom. The number of furan rings is 1. The molecule has 1 aromatic heterocycles. The fourth-order valence-electron chi connectivity index (χ4n) is 7.23. The smallest absolute Gasteiger partial charge is 0.339 e. The minimum Gasteiger partial charge on any atom is -0.497 e. The quantitative estimate of drug-likeness (QED) is 0.360. The molecule has 1 fully saturated rings. The summed E-state index contributed by atoms with van der Waals surface area (Å²) in [6, 6.07) is 7.34. The zero-order chi connectivity index (χ0) is 31.1. The van der Waals surface area contributed by atoms with Crippen molar-refractivity contribution in [2.75, 3.05) is 27.0 Å². The molecule has 1 aromatic carbocycles. The molecule has 2 N–H and O–H groups in total. The number of benzene rings is 1. The van der Waals surface area contributed by atoms with E-state index in [1.807, 2.05) is 12.1 Å². The van der Waals surface area contributed by atoms with Crippen molar-refractivity contribution in [2.45, 2.75) is 94.2 Å². The highest BCUT2D eigenvalue weighted by molar-refractivity contribution is 5.86. The van der Waals surface area contributed by atoms with Gasteiger partial charge in [-0.1, -0.05) is 0 Å². The van der Waals surface area contributed by atoms with Gasteiger partial charge >= 0.3 is 11.9 Å². The second-order valence-corrected chi connectivity index (χ2v) is 12.9. The molecule has 4 atom stereocenters. The van der Waals surface area contributed by atoms with Crippen molar-refractivity contribution in [1.29, 1.82) is 0 Å². The Hall–Kier alpha value is -3.54. The third-order valence-corrected chi connectivity index (χ3v) is 9.35. The fourth-order valence-corrected chi connectivity index (χ4v) is 7.23. The molecule has 1 saturated heterocycles. The molecule has 11 nitrogen and oxygen atoms in total. The first-order chi connectivity index (χ1) is 21.0. The number of fused-ring (bicyclic) bond motifs is 3. The predicted molar refractivity (Wildman–Crippen MR) is 156 cm³/mol. The molecule has 238 valence electrons. The predicted octanol–water partition coefficient (Wildman–Crippen LogP) is 3.74. The van der Waals surface area contributed by atoms with Crippen LogP contribution in [0.15, 0.2) is 46.8 Å². The zero-order valence-corrected chi connectivity index (χ0v) is 25.5. The van der Waals surface area contributed by atoms with Crippen LogP contribution in [0.3, 0.4) is 0 Å². The molecule has 1 aliphatic carbocycles. The summed E-state index contributed by atoms with van der Waals surface area (Å²) in [6.07, 6.45) is 5.16. The second-order valence-electron chi connectivity index (χ2n) is 12.9. The number of carbonyl (C=O) groups is 2. The van der Waals surface area contributed by atoms with Gasteiger partial charge in [0.25, 0.3) is 0 Å². The molecule has 0 saturated carbocycles. The van der Waals surface area contributed by atoms with Crippen molar-refractivity contribution in [2.24, 2.45) is 0 Å². The minimum atomic E-state index is -2.20. The molecule has 4 heterocycles. The summed E-state index contributed by atoms with van der Waals surface area (Å²) >= 11 is 0. The van der Waals surface area contributed by atoms with E-state index in [1.165, 1.54) is 6.26 Å². The molecule has 44 heavy (non-hydrogen) atoms. The lowest BCUT2D eigenvalue weighted by Crippen LogP contribution is -2.49. The van der Waals surface area contributed by atoms with Crippen molar-refractivity contribution in [3.8, 4) is 11.5 Å². The van der Waals surface area contributed by atoms with Crippen LogP contribution in [0, 0.1) is 0 Å². The Labute approximate surface area is 256 Å².